The van der Waals surface area contributed by atoms with E-state index in [1.54, 1.807) is 0 Å². The van der Waals surface area contributed by atoms with Crippen LogP contribution in [0.2, 0.25) is 0 Å². The number of nitrogens with zero attached hydrogens (tertiary/aromatic N) is 1. The van der Waals surface area contributed by atoms with Gasteiger partial charge in [0, 0.05) is 24.6 Å². The van der Waals surface area contributed by atoms with Crippen LogP contribution in [0.5, 0.6) is 0 Å². The Labute approximate surface area is 199 Å². The van der Waals surface area contributed by atoms with Gasteiger partial charge in [-0.05, 0) is 43.7 Å². The van der Waals surface area contributed by atoms with Gasteiger partial charge in [-0.2, -0.15) is 0 Å². The first-order valence-electron chi connectivity index (χ1n) is 12.2. The maximum atomic E-state index is 7.85. The number of rotatable bonds is 10. The summed E-state index contributed by atoms with van der Waals surface area (Å²) in [6.07, 6.45) is 9.85. The number of anilines is 1. The Balaban J connectivity index is 1.43. The molecule has 7 nitrogen and oxygen atoms in total. The molecule has 1 aromatic carbocycles. The molecule has 2 heterocycles. The Morgan fingerprint density at radius 3 is 2.88 bits per heavy atom. The highest BCUT2D eigenvalue weighted by Crippen LogP contribution is 2.23. The minimum absolute atomic E-state index is 0.0972. The molecule has 2 aliphatic heterocycles. The topological polar surface area (TPSA) is 101 Å². The van der Waals surface area contributed by atoms with E-state index in [4.69, 9.17) is 11.1 Å². The second kappa shape index (κ2) is 12.0. The van der Waals surface area contributed by atoms with E-state index in [0.717, 1.165) is 62.0 Å². The molecule has 0 amide bonds. The maximum absolute atomic E-state index is 7.85. The molecule has 3 unspecified atom stereocenters. The van der Waals surface area contributed by atoms with Crippen molar-refractivity contribution in [3.05, 3.63) is 53.6 Å². The Morgan fingerprint density at radius 1 is 1.33 bits per heavy atom. The molecule has 0 aromatic heterocycles. The van der Waals surface area contributed by atoms with Crippen LogP contribution in [-0.4, -0.2) is 55.3 Å². The first-order valence-corrected chi connectivity index (χ1v) is 12.2. The molecule has 0 bridgehead atoms. The van der Waals surface area contributed by atoms with E-state index < -0.39 is 0 Å². The molecule has 33 heavy (non-hydrogen) atoms. The normalized spacial score (nSPS) is 19.8. The minimum atomic E-state index is 0.0972. The molecule has 3 rings (SSSR count). The summed E-state index contributed by atoms with van der Waals surface area (Å²) in [4.78, 5) is 0. The fourth-order valence-corrected chi connectivity index (χ4v) is 4.36. The number of hydrogen-bond donors (Lipinski definition) is 6. The summed E-state index contributed by atoms with van der Waals surface area (Å²) in [6, 6.07) is 6.43. The Hall–Kier alpha value is -2.64. The summed E-state index contributed by atoms with van der Waals surface area (Å²) in [5.74, 6) is 1.86. The molecular weight excluding hydrogens is 410 g/mol. The van der Waals surface area contributed by atoms with Crippen LogP contribution in [0.4, 0.5) is 5.69 Å². The van der Waals surface area contributed by atoms with Gasteiger partial charge in [-0.15, -0.1) is 0 Å². The van der Waals surface area contributed by atoms with Crippen LogP contribution in [0, 0.1) is 11.3 Å². The van der Waals surface area contributed by atoms with Crippen LogP contribution in [0.25, 0.3) is 0 Å². The summed E-state index contributed by atoms with van der Waals surface area (Å²) < 4.78 is 2.19. The number of para-hydroxylation sites is 1. The number of fused-ring (bicyclic) bond motifs is 1. The lowest BCUT2D eigenvalue weighted by Gasteiger charge is -2.28. The van der Waals surface area contributed by atoms with Crippen molar-refractivity contribution >= 4 is 17.4 Å². The Kier molecular flexibility index (Phi) is 9.09. The first kappa shape index (κ1) is 25.0. The van der Waals surface area contributed by atoms with Crippen molar-refractivity contribution in [2.24, 2.45) is 11.7 Å². The van der Waals surface area contributed by atoms with Gasteiger partial charge in [0.15, 0.2) is 6.67 Å². The summed E-state index contributed by atoms with van der Waals surface area (Å²) in [7, 11) is 2.08. The van der Waals surface area contributed by atoms with Crippen LogP contribution in [-0.2, 0) is 6.42 Å². The van der Waals surface area contributed by atoms with Crippen molar-refractivity contribution in [1.29, 1.82) is 5.41 Å². The van der Waals surface area contributed by atoms with E-state index in [1.807, 2.05) is 12.1 Å². The molecule has 7 N–H and O–H groups in total. The van der Waals surface area contributed by atoms with Gasteiger partial charge in [-0.3, -0.25) is 25.9 Å². The summed E-state index contributed by atoms with van der Waals surface area (Å²) >= 11 is 0. The SMILES string of the molecule is C=C(CCNC1=[N+](C)CNc2c(cccc2C(=N)N)C1)CCC(C)C(C)NC1C=CCCN1. The predicted molar refractivity (Wildman–Crippen MR) is 139 cm³/mol. The lowest BCUT2D eigenvalue weighted by atomic mass is 9.94. The third-order valence-electron chi connectivity index (χ3n) is 6.81. The van der Waals surface area contributed by atoms with Crippen LogP contribution >= 0.6 is 0 Å². The van der Waals surface area contributed by atoms with Crippen LogP contribution in [0.1, 0.15) is 50.7 Å². The molecule has 7 heteroatoms. The molecule has 0 radical (unpaired) electrons. The zero-order valence-electron chi connectivity index (χ0n) is 20.5. The summed E-state index contributed by atoms with van der Waals surface area (Å²) in [5.41, 5.74) is 9.96. The summed E-state index contributed by atoms with van der Waals surface area (Å²) in [5, 5.41) is 22.1. The van der Waals surface area contributed by atoms with Crippen molar-refractivity contribution in [3.63, 3.8) is 0 Å². The average Bonchev–Trinajstić information content (AvgIpc) is 2.96. The highest BCUT2D eigenvalue weighted by Gasteiger charge is 2.21. The van der Waals surface area contributed by atoms with Crippen molar-refractivity contribution in [1.82, 2.24) is 16.0 Å². The predicted octanol–water partition coefficient (Wildman–Crippen LogP) is 2.74. The zero-order valence-corrected chi connectivity index (χ0v) is 20.5. The van der Waals surface area contributed by atoms with E-state index in [-0.39, 0.29) is 5.84 Å². The average molecular weight is 453 g/mol. The van der Waals surface area contributed by atoms with Crippen molar-refractivity contribution in [3.8, 4) is 0 Å². The fourth-order valence-electron chi connectivity index (χ4n) is 4.36. The largest absolute Gasteiger partial charge is 0.384 e. The standard InChI is InChI=1S/C26H41N7/c1-18(11-12-19(2)20(3)32-23-10-5-6-14-29-23)13-15-30-24-16-21-8-7-9-22(26(27)28)25(21)31-17-33(24)4/h5,7-10,19-20,23,29,32H,1,6,11-17H2,2-4H3,(H4,27,28,31)/p+1. The van der Waals surface area contributed by atoms with Gasteiger partial charge in [0.2, 0.25) is 5.84 Å². The smallest absolute Gasteiger partial charge is 0.250 e. The van der Waals surface area contributed by atoms with Crippen LogP contribution < -0.4 is 27.0 Å². The second-order valence-electron chi connectivity index (χ2n) is 9.46. The molecule has 0 aliphatic carbocycles. The van der Waals surface area contributed by atoms with E-state index in [1.165, 1.54) is 11.4 Å². The van der Waals surface area contributed by atoms with Gasteiger partial charge in [0.05, 0.1) is 31.9 Å². The van der Waals surface area contributed by atoms with Crippen LogP contribution in [0.15, 0.2) is 42.5 Å². The number of nitrogen functional groups attached to an aromatic ring is 1. The Morgan fingerprint density at radius 2 is 2.15 bits per heavy atom. The minimum Gasteiger partial charge on any atom is -0.384 e. The van der Waals surface area contributed by atoms with Crippen LogP contribution in [0.3, 0.4) is 0 Å². The lowest BCUT2D eigenvalue weighted by Crippen LogP contribution is -2.48. The van der Waals surface area contributed by atoms with E-state index in [9.17, 15) is 0 Å². The van der Waals surface area contributed by atoms with Gasteiger partial charge in [-0.25, -0.2) is 0 Å². The number of nitrogens with one attached hydrogen (secondary N) is 5. The van der Waals surface area contributed by atoms with Gasteiger partial charge in [0.25, 0.3) is 0 Å². The molecule has 0 spiro atoms. The highest BCUT2D eigenvalue weighted by atomic mass is 15.2. The third kappa shape index (κ3) is 7.17. The number of amidine groups is 2. The van der Waals surface area contributed by atoms with Gasteiger partial charge < -0.3 is 11.1 Å². The van der Waals surface area contributed by atoms with E-state index in [0.29, 0.717) is 24.8 Å². The van der Waals surface area contributed by atoms with E-state index in [2.05, 4.69) is 71.5 Å². The van der Waals surface area contributed by atoms with Crippen molar-refractivity contribution in [2.45, 2.75) is 58.2 Å². The molecule has 0 saturated heterocycles. The summed E-state index contributed by atoms with van der Waals surface area (Å²) in [6.45, 7) is 11.5. The number of nitrogens with two attached hydrogens (primary N) is 1. The molecular formula is C26H42N7+. The van der Waals surface area contributed by atoms with Gasteiger partial charge >= 0.3 is 0 Å². The molecule has 3 atom stereocenters. The zero-order chi connectivity index (χ0) is 23.8. The Bertz CT molecular complexity index is 902. The second-order valence-corrected chi connectivity index (χ2v) is 9.46. The number of benzene rings is 1. The third-order valence-corrected chi connectivity index (χ3v) is 6.81. The maximum Gasteiger partial charge on any atom is 0.250 e. The lowest BCUT2D eigenvalue weighted by molar-refractivity contribution is -0.493. The fraction of sp³-hybridized carbons (Fsp3) is 0.538. The van der Waals surface area contributed by atoms with Crippen molar-refractivity contribution in [2.75, 3.05) is 32.1 Å². The molecule has 1 aromatic rings. The van der Waals surface area contributed by atoms with E-state index >= 15 is 0 Å². The molecule has 2 aliphatic rings. The molecule has 0 fully saturated rings. The van der Waals surface area contributed by atoms with Gasteiger partial charge in [0.1, 0.15) is 5.84 Å². The van der Waals surface area contributed by atoms with Crippen molar-refractivity contribution < 1.29 is 4.58 Å². The van der Waals surface area contributed by atoms with Gasteiger partial charge in [-0.1, -0.05) is 43.4 Å². The number of hydrogen-bond acceptors (Lipinski definition) is 5. The first-order chi connectivity index (χ1) is 15.8. The molecule has 0 saturated carbocycles. The molecule has 180 valence electrons. The quantitative estimate of drug-likeness (QED) is 0.142. The highest BCUT2D eigenvalue weighted by molar-refractivity contribution is 6.01. The monoisotopic (exact) mass is 452 g/mol.